The van der Waals surface area contributed by atoms with Gasteiger partial charge in [0.15, 0.2) is 0 Å². The zero-order valence-electron chi connectivity index (χ0n) is 15.9. The number of hydrogen-bond acceptors (Lipinski definition) is 2. The van der Waals surface area contributed by atoms with Gasteiger partial charge in [0, 0.05) is 34.1 Å². The summed E-state index contributed by atoms with van der Waals surface area (Å²) >= 11 is 3.53. The van der Waals surface area contributed by atoms with Crippen LogP contribution in [0.3, 0.4) is 0 Å². The van der Waals surface area contributed by atoms with Crippen molar-refractivity contribution < 1.29 is 4.57 Å². The van der Waals surface area contributed by atoms with Crippen LogP contribution in [0.2, 0.25) is 0 Å². The van der Waals surface area contributed by atoms with E-state index in [2.05, 4.69) is 115 Å². The topological polar surface area (TPSA) is 3.88 Å². The molecule has 3 rings (SSSR count). The Balaban J connectivity index is 1.78. The zero-order valence-corrected chi connectivity index (χ0v) is 17.6. The average molecular weight is 391 g/mol. The van der Waals surface area contributed by atoms with Crippen LogP contribution in [0, 0.1) is 0 Å². The fourth-order valence-corrected chi connectivity index (χ4v) is 3.56. The number of aromatic nitrogens is 1. The van der Waals surface area contributed by atoms with Gasteiger partial charge in [0.25, 0.3) is 0 Å². The van der Waals surface area contributed by atoms with E-state index in [4.69, 9.17) is 0 Å². The first-order chi connectivity index (χ1) is 13.2. The van der Waals surface area contributed by atoms with Crippen molar-refractivity contribution in [3.8, 4) is 0 Å². The average Bonchev–Trinajstić information content (AvgIpc) is 2.73. The van der Waals surface area contributed by atoms with Gasteiger partial charge < -0.3 is 0 Å². The molecule has 0 amide bonds. The van der Waals surface area contributed by atoms with Gasteiger partial charge in [-0.25, -0.2) is 0 Å². The molecule has 0 unspecified atom stereocenters. The molecular formula is C24H24NS2+. The lowest BCUT2D eigenvalue weighted by Gasteiger charge is -2.00. The minimum absolute atomic E-state index is 1.17. The summed E-state index contributed by atoms with van der Waals surface area (Å²) in [5, 5.41) is 0. The summed E-state index contributed by atoms with van der Waals surface area (Å²) in [6, 6.07) is 23.6. The summed E-state index contributed by atoms with van der Waals surface area (Å²) in [7, 11) is 2.10. The van der Waals surface area contributed by atoms with Gasteiger partial charge in [-0.3, -0.25) is 0 Å². The summed E-state index contributed by atoms with van der Waals surface area (Å²) in [4.78, 5) is 2.57. The maximum absolute atomic E-state index is 2.21. The molecule has 2 aromatic carbocycles. The molecule has 0 aliphatic carbocycles. The molecule has 27 heavy (non-hydrogen) atoms. The first-order valence-corrected chi connectivity index (χ1v) is 11.3. The van der Waals surface area contributed by atoms with Crippen LogP contribution in [0.5, 0.6) is 0 Å². The minimum Gasteiger partial charge on any atom is -0.195 e. The van der Waals surface area contributed by atoms with Crippen LogP contribution >= 0.6 is 23.5 Å². The maximum atomic E-state index is 2.21. The lowest BCUT2D eigenvalue weighted by molar-refractivity contribution is -0.675. The summed E-state index contributed by atoms with van der Waals surface area (Å²) in [6.45, 7) is 0. The van der Waals surface area contributed by atoms with E-state index in [0.29, 0.717) is 0 Å². The number of hydrogen-bond donors (Lipinski definition) is 0. The van der Waals surface area contributed by atoms with Crippen LogP contribution in [0.4, 0.5) is 0 Å². The Morgan fingerprint density at radius 3 is 1.37 bits per heavy atom. The first kappa shape index (κ1) is 19.5. The highest BCUT2D eigenvalue weighted by molar-refractivity contribution is 7.98. The molecular weight excluding hydrogens is 366 g/mol. The van der Waals surface area contributed by atoms with Gasteiger partial charge in [-0.05, 0) is 66.1 Å². The van der Waals surface area contributed by atoms with Crippen molar-refractivity contribution in [2.75, 3.05) is 12.5 Å². The first-order valence-electron chi connectivity index (χ1n) is 8.83. The monoisotopic (exact) mass is 390 g/mol. The van der Waals surface area contributed by atoms with Crippen molar-refractivity contribution in [2.45, 2.75) is 9.79 Å². The molecule has 0 saturated carbocycles. The lowest BCUT2D eigenvalue weighted by atomic mass is 10.1. The summed E-state index contributed by atoms with van der Waals surface area (Å²) in [5.74, 6) is 0. The smallest absolute Gasteiger partial charge is 0.195 e. The molecule has 0 spiro atoms. The van der Waals surface area contributed by atoms with Crippen molar-refractivity contribution in [2.24, 2.45) is 7.05 Å². The molecule has 0 bridgehead atoms. The third-order valence-electron chi connectivity index (χ3n) is 4.43. The predicted molar refractivity (Wildman–Crippen MR) is 122 cm³/mol. The van der Waals surface area contributed by atoms with Crippen LogP contribution in [0.25, 0.3) is 24.3 Å². The molecule has 136 valence electrons. The normalized spacial score (nSPS) is 11.5. The zero-order chi connectivity index (χ0) is 19.1. The quantitative estimate of drug-likeness (QED) is 0.359. The number of benzene rings is 2. The molecule has 1 nitrogen and oxygen atoms in total. The van der Waals surface area contributed by atoms with Gasteiger partial charge in [0.1, 0.15) is 7.05 Å². The molecule has 1 aromatic heterocycles. The number of nitrogens with zero attached hydrogens (tertiary/aromatic N) is 1. The van der Waals surface area contributed by atoms with Gasteiger partial charge in [0.2, 0.25) is 11.4 Å². The van der Waals surface area contributed by atoms with E-state index in [1.807, 2.05) is 0 Å². The predicted octanol–water partition coefficient (Wildman–Crippen LogP) is 6.30. The third-order valence-corrected chi connectivity index (χ3v) is 5.92. The van der Waals surface area contributed by atoms with Gasteiger partial charge in [-0.1, -0.05) is 24.3 Å². The number of rotatable bonds is 6. The molecule has 1 heterocycles. The van der Waals surface area contributed by atoms with Gasteiger partial charge in [0.05, 0.1) is 0 Å². The molecule has 0 saturated heterocycles. The maximum Gasteiger partial charge on any atom is 0.205 e. The molecule has 3 aromatic rings. The molecule has 0 N–H and O–H groups in total. The van der Waals surface area contributed by atoms with Crippen molar-refractivity contribution in [3.63, 3.8) is 0 Å². The van der Waals surface area contributed by atoms with Crippen molar-refractivity contribution in [1.82, 2.24) is 0 Å². The van der Waals surface area contributed by atoms with Crippen molar-refractivity contribution >= 4 is 47.8 Å². The second-order valence-electron chi connectivity index (χ2n) is 6.15. The Labute approximate surface area is 170 Å². The minimum atomic E-state index is 1.17. The second kappa shape index (κ2) is 9.63. The Hall–Kier alpha value is -2.23. The van der Waals surface area contributed by atoms with Gasteiger partial charge in [-0.2, -0.15) is 4.57 Å². The Morgan fingerprint density at radius 1 is 0.593 bits per heavy atom. The van der Waals surface area contributed by atoms with Crippen LogP contribution in [0.1, 0.15) is 22.5 Å². The lowest BCUT2D eigenvalue weighted by Crippen LogP contribution is -2.35. The molecule has 3 heteroatoms. The van der Waals surface area contributed by atoms with E-state index in [9.17, 15) is 0 Å². The number of thioether (sulfide) groups is 2. The van der Waals surface area contributed by atoms with Gasteiger partial charge >= 0.3 is 0 Å². The molecule has 0 radical (unpaired) electrons. The fourth-order valence-electron chi connectivity index (χ4n) is 2.75. The Kier molecular flexibility index (Phi) is 6.97. The second-order valence-corrected chi connectivity index (χ2v) is 7.91. The standard InChI is InChI=1S/C24H24NS2/c1-25-21(13-7-19-9-15-23(26-2)16-10-19)5-4-6-22(25)14-8-20-11-17-24(27-3)18-12-20/h4-18H,1-3H3/q+1/b13-7+,14-8+. The van der Waals surface area contributed by atoms with E-state index < -0.39 is 0 Å². The van der Waals surface area contributed by atoms with E-state index in [-0.39, 0.29) is 0 Å². The Morgan fingerprint density at radius 2 is 1.00 bits per heavy atom. The largest absolute Gasteiger partial charge is 0.205 e. The van der Waals surface area contributed by atoms with Crippen LogP contribution in [-0.2, 0) is 7.05 Å². The third kappa shape index (κ3) is 5.38. The summed E-state index contributed by atoms with van der Waals surface area (Å²) in [5.41, 5.74) is 4.76. The van der Waals surface area contributed by atoms with E-state index in [1.54, 1.807) is 23.5 Å². The van der Waals surface area contributed by atoms with E-state index in [0.717, 1.165) is 0 Å². The van der Waals surface area contributed by atoms with Gasteiger partial charge in [-0.15, -0.1) is 23.5 Å². The summed E-state index contributed by atoms with van der Waals surface area (Å²) < 4.78 is 2.21. The van der Waals surface area contributed by atoms with Crippen LogP contribution in [0.15, 0.2) is 76.5 Å². The van der Waals surface area contributed by atoms with Crippen molar-refractivity contribution in [3.05, 3.63) is 89.2 Å². The molecule has 0 aliphatic rings. The molecule has 0 fully saturated rings. The van der Waals surface area contributed by atoms with Crippen molar-refractivity contribution in [1.29, 1.82) is 0 Å². The fraction of sp³-hybridized carbons (Fsp3) is 0.125. The van der Waals surface area contributed by atoms with E-state index in [1.165, 1.54) is 32.3 Å². The number of pyridine rings is 1. The van der Waals surface area contributed by atoms with Crippen LogP contribution in [-0.4, -0.2) is 12.5 Å². The van der Waals surface area contributed by atoms with E-state index >= 15 is 0 Å². The highest BCUT2D eigenvalue weighted by Gasteiger charge is 2.07. The highest BCUT2D eigenvalue weighted by Crippen LogP contribution is 2.17. The molecule has 0 aliphatic heterocycles. The SMILES string of the molecule is CSc1ccc(/C=C/c2cccc(/C=C/c3ccc(SC)cc3)[n+]2C)cc1. The summed E-state index contributed by atoms with van der Waals surface area (Å²) in [6.07, 6.45) is 12.8. The molecule has 0 atom stereocenters. The highest BCUT2D eigenvalue weighted by atomic mass is 32.2. The Bertz CT molecular complexity index is 863. The van der Waals surface area contributed by atoms with Crippen LogP contribution < -0.4 is 4.57 Å².